The Kier molecular flexibility index (Phi) is 4.73. The summed E-state index contributed by atoms with van der Waals surface area (Å²) in [4.78, 5) is 23.6. The number of carbonyl (C=O) groups is 2. The third-order valence-corrected chi connectivity index (χ3v) is 4.29. The van der Waals surface area contributed by atoms with Crippen LogP contribution < -0.4 is 10.1 Å². The fourth-order valence-corrected chi connectivity index (χ4v) is 2.95. The number of nitrogens with one attached hydrogen (secondary N) is 1. The molecule has 0 spiro atoms. The summed E-state index contributed by atoms with van der Waals surface area (Å²) in [7, 11) is 1.80. The summed E-state index contributed by atoms with van der Waals surface area (Å²) < 4.78 is 7.21. The van der Waals surface area contributed by atoms with Gasteiger partial charge in [-0.3, -0.25) is 9.48 Å². The molecule has 1 fully saturated rings. The molecule has 122 valence electrons. The molecule has 1 heterocycles. The number of carbonyl (C=O) groups excluding carboxylic acids is 1. The van der Waals surface area contributed by atoms with Crippen molar-refractivity contribution in [3.05, 3.63) is 11.4 Å². The number of ether oxygens (including phenoxy) is 1. The Morgan fingerprint density at radius 3 is 2.45 bits per heavy atom. The molecule has 1 saturated carbocycles. The molecule has 7 nitrogen and oxygen atoms in total. The highest BCUT2D eigenvalue weighted by Crippen LogP contribution is 2.28. The Hall–Kier alpha value is -2.05. The van der Waals surface area contributed by atoms with Crippen molar-refractivity contribution in [2.45, 2.75) is 51.5 Å². The summed E-state index contributed by atoms with van der Waals surface area (Å²) in [6.07, 6.45) is 3.58. The predicted octanol–water partition coefficient (Wildman–Crippen LogP) is 1.32. The van der Waals surface area contributed by atoms with Crippen molar-refractivity contribution < 1.29 is 19.4 Å². The van der Waals surface area contributed by atoms with Crippen LogP contribution in [0.1, 0.15) is 43.5 Å². The van der Waals surface area contributed by atoms with E-state index in [4.69, 9.17) is 4.74 Å². The fraction of sp³-hybridized carbons (Fsp3) is 0.667. The van der Waals surface area contributed by atoms with Crippen LogP contribution in [0.4, 0.5) is 0 Å². The highest BCUT2D eigenvalue weighted by molar-refractivity contribution is 5.87. The van der Waals surface area contributed by atoms with Gasteiger partial charge in [-0.2, -0.15) is 5.10 Å². The van der Waals surface area contributed by atoms with E-state index >= 15 is 0 Å². The van der Waals surface area contributed by atoms with Crippen LogP contribution in [-0.2, 0) is 16.6 Å². The highest BCUT2D eigenvalue weighted by atomic mass is 16.5. The van der Waals surface area contributed by atoms with E-state index in [9.17, 15) is 14.7 Å². The van der Waals surface area contributed by atoms with Crippen LogP contribution >= 0.6 is 0 Å². The largest absolute Gasteiger partial charge is 0.480 e. The van der Waals surface area contributed by atoms with E-state index in [2.05, 4.69) is 10.4 Å². The molecule has 2 rings (SSSR count). The Labute approximate surface area is 129 Å². The highest BCUT2D eigenvalue weighted by Gasteiger charge is 2.40. The summed E-state index contributed by atoms with van der Waals surface area (Å²) >= 11 is 0. The SMILES string of the molecule is Cc1nn(C)c(C)c1OCC(=O)NC1(C(=O)O)CCCCC1. The van der Waals surface area contributed by atoms with Crippen LogP contribution in [0.3, 0.4) is 0 Å². The average Bonchev–Trinajstić information content (AvgIpc) is 2.71. The van der Waals surface area contributed by atoms with Gasteiger partial charge in [0, 0.05) is 7.05 Å². The van der Waals surface area contributed by atoms with Gasteiger partial charge in [-0.05, 0) is 26.7 Å². The molecule has 1 amide bonds. The lowest BCUT2D eigenvalue weighted by Gasteiger charge is -2.33. The van der Waals surface area contributed by atoms with Crippen molar-refractivity contribution in [3.8, 4) is 5.75 Å². The lowest BCUT2D eigenvalue weighted by Crippen LogP contribution is -2.56. The molecule has 1 aliphatic carbocycles. The van der Waals surface area contributed by atoms with E-state index in [1.54, 1.807) is 18.7 Å². The van der Waals surface area contributed by atoms with E-state index in [0.29, 0.717) is 24.3 Å². The second-order valence-corrected chi connectivity index (χ2v) is 5.91. The molecular formula is C15H23N3O4. The zero-order chi connectivity index (χ0) is 16.3. The van der Waals surface area contributed by atoms with E-state index in [0.717, 1.165) is 25.0 Å². The standard InChI is InChI=1S/C15H23N3O4/c1-10-13(11(2)18(3)17-10)22-9-12(19)16-15(14(20)21)7-5-4-6-8-15/h4-9H2,1-3H3,(H,16,19)(H,20,21). The fourth-order valence-electron chi connectivity index (χ4n) is 2.95. The van der Waals surface area contributed by atoms with Crippen LogP contribution in [0, 0.1) is 13.8 Å². The normalized spacial score (nSPS) is 17.0. The molecule has 0 saturated heterocycles. The van der Waals surface area contributed by atoms with Crippen LogP contribution in [0.2, 0.25) is 0 Å². The molecule has 2 N–H and O–H groups in total. The molecule has 0 aromatic carbocycles. The lowest BCUT2D eigenvalue weighted by atomic mass is 9.81. The smallest absolute Gasteiger partial charge is 0.329 e. The number of hydrogen-bond donors (Lipinski definition) is 2. The van der Waals surface area contributed by atoms with E-state index in [1.807, 2.05) is 6.92 Å². The third kappa shape index (κ3) is 3.23. The molecule has 0 atom stereocenters. The Morgan fingerprint density at radius 2 is 1.95 bits per heavy atom. The molecule has 0 bridgehead atoms. The van der Waals surface area contributed by atoms with Crippen molar-refractivity contribution in [3.63, 3.8) is 0 Å². The summed E-state index contributed by atoms with van der Waals surface area (Å²) in [5.41, 5.74) is 0.395. The van der Waals surface area contributed by atoms with Crippen molar-refractivity contribution in [2.24, 2.45) is 7.05 Å². The molecule has 0 unspecified atom stereocenters. The molecule has 22 heavy (non-hydrogen) atoms. The number of nitrogens with zero attached hydrogens (tertiary/aromatic N) is 2. The number of carboxylic acids is 1. The van der Waals surface area contributed by atoms with Gasteiger partial charge in [0.15, 0.2) is 12.4 Å². The first-order chi connectivity index (χ1) is 10.4. The molecule has 1 aliphatic rings. The number of aliphatic carboxylic acids is 1. The monoisotopic (exact) mass is 309 g/mol. The number of carboxylic acid groups (broad SMARTS) is 1. The topological polar surface area (TPSA) is 93.5 Å². The van der Waals surface area contributed by atoms with Gasteiger partial charge in [-0.1, -0.05) is 19.3 Å². The van der Waals surface area contributed by atoms with Crippen LogP contribution in [0.5, 0.6) is 5.75 Å². The quantitative estimate of drug-likeness (QED) is 0.855. The van der Waals surface area contributed by atoms with Gasteiger partial charge in [-0.15, -0.1) is 0 Å². The number of aromatic nitrogens is 2. The first-order valence-corrected chi connectivity index (χ1v) is 7.53. The van der Waals surface area contributed by atoms with Crippen molar-refractivity contribution in [2.75, 3.05) is 6.61 Å². The average molecular weight is 309 g/mol. The summed E-state index contributed by atoms with van der Waals surface area (Å²) in [6.45, 7) is 3.45. The molecule has 1 aromatic heterocycles. The van der Waals surface area contributed by atoms with Gasteiger partial charge in [0.05, 0.1) is 5.69 Å². The molecule has 0 aliphatic heterocycles. The molecule has 0 radical (unpaired) electrons. The Balaban J connectivity index is 1.98. The number of hydrogen-bond acceptors (Lipinski definition) is 4. The lowest BCUT2D eigenvalue weighted by molar-refractivity contribution is -0.149. The molecular weight excluding hydrogens is 286 g/mol. The van der Waals surface area contributed by atoms with Crippen molar-refractivity contribution in [1.29, 1.82) is 0 Å². The predicted molar refractivity (Wildman–Crippen MR) is 79.8 cm³/mol. The first-order valence-electron chi connectivity index (χ1n) is 7.53. The van der Waals surface area contributed by atoms with Gasteiger partial charge in [0.2, 0.25) is 0 Å². The van der Waals surface area contributed by atoms with Gasteiger partial charge in [0.25, 0.3) is 5.91 Å². The summed E-state index contributed by atoms with van der Waals surface area (Å²) in [5.74, 6) is -0.799. The van der Waals surface area contributed by atoms with Gasteiger partial charge in [0.1, 0.15) is 11.2 Å². The van der Waals surface area contributed by atoms with Crippen LogP contribution in [-0.4, -0.2) is 38.9 Å². The van der Waals surface area contributed by atoms with Gasteiger partial charge >= 0.3 is 5.97 Å². The zero-order valence-electron chi connectivity index (χ0n) is 13.3. The molecule has 7 heteroatoms. The Bertz CT molecular complexity index is 574. The van der Waals surface area contributed by atoms with Gasteiger partial charge < -0.3 is 15.2 Å². The van der Waals surface area contributed by atoms with E-state index < -0.39 is 17.4 Å². The van der Waals surface area contributed by atoms with Crippen molar-refractivity contribution >= 4 is 11.9 Å². The van der Waals surface area contributed by atoms with Crippen molar-refractivity contribution in [1.82, 2.24) is 15.1 Å². The number of rotatable bonds is 5. The second kappa shape index (κ2) is 6.37. The zero-order valence-corrected chi connectivity index (χ0v) is 13.3. The van der Waals surface area contributed by atoms with Crippen LogP contribution in [0.15, 0.2) is 0 Å². The Morgan fingerprint density at radius 1 is 1.32 bits per heavy atom. The van der Waals surface area contributed by atoms with E-state index in [-0.39, 0.29) is 6.61 Å². The summed E-state index contributed by atoms with van der Waals surface area (Å²) in [6, 6.07) is 0. The first kappa shape index (κ1) is 16.3. The maximum atomic E-state index is 12.1. The summed E-state index contributed by atoms with van der Waals surface area (Å²) in [5, 5.41) is 16.3. The maximum Gasteiger partial charge on any atom is 0.329 e. The second-order valence-electron chi connectivity index (χ2n) is 5.91. The third-order valence-electron chi connectivity index (χ3n) is 4.29. The molecule has 1 aromatic rings. The minimum absolute atomic E-state index is 0.206. The van der Waals surface area contributed by atoms with Gasteiger partial charge in [-0.25, -0.2) is 4.79 Å². The van der Waals surface area contributed by atoms with Crippen LogP contribution in [0.25, 0.3) is 0 Å². The van der Waals surface area contributed by atoms with E-state index in [1.165, 1.54) is 0 Å². The minimum Gasteiger partial charge on any atom is -0.480 e. The maximum absolute atomic E-state index is 12.1. The minimum atomic E-state index is -1.14. The number of aryl methyl sites for hydroxylation is 2. The number of amides is 1.